The van der Waals surface area contributed by atoms with Crippen LogP contribution in [0.5, 0.6) is 0 Å². The molecule has 1 fully saturated rings. The van der Waals surface area contributed by atoms with E-state index in [1.807, 2.05) is 6.07 Å². The molecule has 1 aliphatic heterocycles. The van der Waals surface area contributed by atoms with Gasteiger partial charge in [0.2, 0.25) is 0 Å². The van der Waals surface area contributed by atoms with Gasteiger partial charge < -0.3 is 15.2 Å². The Bertz CT molecular complexity index is 334. The lowest BCUT2D eigenvalue weighted by molar-refractivity contribution is -0.0614. The van der Waals surface area contributed by atoms with Gasteiger partial charge in [0.25, 0.3) is 0 Å². The number of hydrogen-bond acceptors (Lipinski definition) is 3. The Morgan fingerprint density at radius 3 is 2.61 bits per heavy atom. The summed E-state index contributed by atoms with van der Waals surface area (Å²) in [5, 5.41) is 13.6. The summed E-state index contributed by atoms with van der Waals surface area (Å²) in [7, 11) is 0. The molecule has 1 aromatic rings. The summed E-state index contributed by atoms with van der Waals surface area (Å²) in [5.74, 6) is 0. The molecule has 3 heteroatoms. The third-order valence-electron chi connectivity index (χ3n) is 3.54. The average Bonchev–Trinajstić information content (AvgIpc) is 2.40. The second-order valence-corrected chi connectivity index (χ2v) is 5.10. The highest BCUT2D eigenvalue weighted by molar-refractivity contribution is 5.14. The van der Waals surface area contributed by atoms with Crippen LogP contribution >= 0.6 is 0 Å². The van der Waals surface area contributed by atoms with Crippen LogP contribution in [0.15, 0.2) is 30.3 Å². The summed E-state index contributed by atoms with van der Waals surface area (Å²) in [4.78, 5) is 0. The van der Waals surface area contributed by atoms with Gasteiger partial charge in [-0.1, -0.05) is 30.3 Å². The first-order valence-corrected chi connectivity index (χ1v) is 6.83. The second kappa shape index (κ2) is 6.88. The minimum atomic E-state index is -0.551. The molecule has 0 bridgehead atoms. The van der Waals surface area contributed by atoms with Gasteiger partial charge in [-0.3, -0.25) is 0 Å². The lowest BCUT2D eigenvalue weighted by Gasteiger charge is -2.32. The Hall–Kier alpha value is -0.900. The van der Waals surface area contributed by atoms with E-state index in [2.05, 4.69) is 29.6 Å². The lowest BCUT2D eigenvalue weighted by atomic mass is 9.94. The SMILES string of the molecule is OC1(CNCCCc2ccccc2)CCOCC1. The van der Waals surface area contributed by atoms with Crippen LogP contribution in [0, 0.1) is 0 Å². The van der Waals surface area contributed by atoms with Crippen molar-refractivity contribution >= 4 is 0 Å². The molecule has 0 spiro atoms. The van der Waals surface area contributed by atoms with Crippen molar-refractivity contribution < 1.29 is 9.84 Å². The maximum Gasteiger partial charge on any atom is 0.0815 e. The van der Waals surface area contributed by atoms with Crippen molar-refractivity contribution in [3.63, 3.8) is 0 Å². The fourth-order valence-electron chi connectivity index (χ4n) is 2.31. The van der Waals surface area contributed by atoms with Crippen LogP contribution in [0.3, 0.4) is 0 Å². The summed E-state index contributed by atoms with van der Waals surface area (Å²) in [5.41, 5.74) is 0.828. The van der Waals surface area contributed by atoms with Crippen molar-refractivity contribution in [2.45, 2.75) is 31.3 Å². The van der Waals surface area contributed by atoms with Crippen LogP contribution in [0.4, 0.5) is 0 Å². The van der Waals surface area contributed by atoms with Gasteiger partial charge in [-0.25, -0.2) is 0 Å². The highest BCUT2D eigenvalue weighted by atomic mass is 16.5. The first-order valence-electron chi connectivity index (χ1n) is 6.83. The van der Waals surface area contributed by atoms with Gasteiger partial charge in [0, 0.05) is 32.6 Å². The molecule has 1 aliphatic rings. The normalized spacial score (nSPS) is 18.7. The fourth-order valence-corrected chi connectivity index (χ4v) is 2.31. The Morgan fingerprint density at radius 2 is 1.89 bits per heavy atom. The molecular weight excluding hydrogens is 226 g/mol. The van der Waals surface area contributed by atoms with Gasteiger partial charge in [-0.05, 0) is 24.9 Å². The molecule has 3 nitrogen and oxygen atoms in total. The van der Waals surface area contributed by atoms with Crippen LogP contribution in [0.1, 0.15) is 24.8 Å². The summed E-state index contributed by atoms with van der Waals surface area (Å²) in [6, 6.07) is 10.5. The average molecular weight is 249 g/mol. The Morgan fingerprint density at radius 1 is 1.17 bits per heavy atom. The van der Waals surface area contributed by atoms with Crippen LogP contribution in [-0.2, 0) is 11.2 Å². The van der Waals surface area contributed by atoms with E-state index in [4.69, 9.17) is 4.74 Å². The zero-order chi connectivity index (χ0) is 12.7. The van der Waals surface area contributed by atoms with Crippen LogP contribution in [0.25, 0.3) is 0 Å². The van der Waals surface area contributed by atoms with Gasteiger partial charge >= 0.3 is 0 Å². The summed E-state index contributed by atoms with van der Waals surface area (Å²) in [6.07, 6.45) is 3.70. The van der Waals surface area contributed by atoms with Crippen molar-refractivity contribution in [1.82, 2.24) is 5.32 Å². The Kier molecular flexibility index (Phi) is 5.17. The molecule has 0 aliphatic carbocycles. The van der Waals surface area contributed by atoms with E-state index in [1.165, 1.54) is 5.56 Å². The number of aliphatic hydroxyl groups is 1. The van der Waals surface area contributed by atoms with Gasteiger partial charge in [-0.15, -0.1) is 0 Å². The number of rotatable bonds is 6. The number of nitrogens with one attached hydrogen (secondary N) is 1. The number of hydrogen-bond donors (Lipinski definition) is 2. The summed E-state index contributed by atoms with van der Waals surface area (Å²) >= 11 is 0. The van der Waals surface area contributed by atoms with Crippen molar-refractivity contribution in [3.8, 4) is 0 Å². The smallest absolute Gasteiger partial charge is 0.0815 e. The van der Waals surface area contributed by atoms with E-state index >= 15 is 0 Å². The molecule has 0 amide bonds. The fraction of sp³-hybridized carbons (Fsp3) is 0.600. The van der Waals surface area contributed by atoms with E-state index in [-0.39, 0.29) is 0 Å². The molecule has 2 N–H and O–H groups in total. The molecule has 1 saturated heterocycles. The molecule has 0 atom stereocenters. The number of ether oxygens (including phenoxy) is 1. The maximum atomic E-state index is 10.2. The first-order chi connectivity index (χ1) is 8.79. The van der Waals surface area contributed by atoms with E-state index in [1.54, 1.807) is 0 Å². The van der Waals surface area contributed by atoms with Gasteiger partial charge in [-0.2, -0.15) is 0 Å². The second-order valence-electron chi connectivity index (χ2n) is 5.10. The minimum Gasteiger partial charge on any atom is -0.388 e. The summed E-state index contributed by atoms with van der Waals surface area (Å²) < 4.78 is 5.26. The standard InChI is InChI=1S/C15H23NO2/c17-15(8-11-18-12-9-15)13-16-10-4-7-14-5-2-1-3-6-14/h1-3,5-6,16-17H,4,7-13H2. The predicted molar refractivity (Wildman–Crippen MR) is 72.6 cm³/mol. The molecule has 0 aromatic heterocycles. The van der Waals surface area contributed by atoms with Crippen molar-refractivity contribution in [1.29, 1.82) is 0 Å². The highest BCUT2D eigenvalue weighted by Crippen LogP contribution is 2.19. The molecule has 1 heterocycles. The maximum absolute atomic E-state index is 10.2. The van der Waals surface area contributed by atoms with Crippen LogP contribution in [-0.4, -0.2) is 37.0 Å². The molecule has 0 radical (unpaired) electrons. The molecule has 0 unspecified atom stereocenters. The zero-order valence-electron chi connectivity index (χ0n) is 10.9. The number of benzene rings is 1. The predicted octanol–water partition coefficient (Wildman–Crippen LogP) is 1.75. The van der Waals surface area contributed by atoms with Gasteiger partial charge in [0.1, 0.15) is 0 Å². The van der Waals surface area contributed by atoms with E-state index in [0.29, 0.717) is 19.8 Å². The van der Waals surface area contributed by atoms with Crippen molar-refractivity contribution in [3.05, 3.63) is 35.9 Å². The van der Waals surface area contributed by atoms with Crippen molar-refractivity contribution in [2.75, 3.05) is 26.3 Å². The third kappa shape index (κ3) is 4.41. The molecular formula is C15H23NO2. The third-order valence-corrected chi connectivity index (χ3v) is 3.54. The van der Waals surface area contributed by atoms with Crippen molar-refractivity contribution in [2.24, 2.45) is 0 Å². The largest absolute Gasteiger partial charge is 0.388 e. The van der Waals surface area contributed by atoms with Gasteiger partial charge in [0.05, 0.1) is 5.60 Å². The van der Waals surface area contributed by atoms with Crippen LogP contribution in [0.2, 0.25) is 0 Å². The Balaban J connectivity index is 1.58. The quantitative estimate of drug-likeness (QED) is 0.755. The molecule has 100 valence electrons. The topological polar surface area (TPSA) is 41.5 Å². The number of aryl methyl sites for hydroxylation is 1. The molecule has 2 rings (SSSR count). The zero-order valence-corrected chi connectivity index (χ0v) is 10.9. The first kappa shape index (κ1) is 13.5. The highest BCUT2D eigenvalue weighted by Gasteiger charge is 2.28. The van der Waals surface area contributed by atoms with Crippen LogP contribution < -0.4 is 5.32 Å². The molecule has 18 heavy (non-hydrogen) atoms. The monoisotopic (exact) mass is 249 g/mol. The Labute approximate surface area is 109 Å². The summed E-state index contributed by atoms with van der Waals surface area (Å²) in [6.45, 7) is 3.01. The molecule has 0 saturated carbocycles. The minimum absolute atomic E-state index is 0.551. The van der Waals surface area contributed by atoms with Gasteiger partial charge in [0.15, 0.2) is 0 Å². The van der Waals surface area contributed by atoms with E-state index < -0.39 is 5.60 Å². The van der Waals surface area contributed by atoms with E-state index in [9.17, 15) is 5.11 Å². The molecule has 1 aromatic carbocycles. The lowest BCUT2D eigenvalue weighted by Crippen LogP contribution is -2.45. The van der Waals surface area contributed by atoms with E-state index in [0.717, 1.165) is 32.2 Å².